The highest BCUT2D eigenvalue weighted by Gasteiger charge is 2.30. The molecule has 0 saturated carbocycles. The summed E-state index contributed by atoms with van der Waals surface area (Å²) in [5.41, 5.74) is 4.89. The summed E-state index contributed by atoms with van der Waals surface area (Å²) in [6.45, 7) is 2.08. The Morgan fingerprint density at radius 2 is 1.70 bits per heavy atom. The Morgan fingerprint density at radius 1 is 0.973 bits per heavy atom. The highest BCUT2D eigenvalue weighted by molar-refractivity contribution is 5.89. The van der Waals surface area contributed by atoms with Crippen LogP contribution in [-0.2, 0) is 30.4 Å². The molecule has 1 aliphatic rings. The van der Waals surface area contributed by atoms with Crippen LogP contribution in [0, 0.1) is 0 Å². The van der Waals surface area contributed by atoms with Crippen LogP contribution < -0.4 is 0 Å². The average molecular weight is 505 g/mol. The number of hydrogen-bond acceptors (Lipinski definition) is 6. The quantitative estimate of drug-likeness (QED) is 0.331. The van der Waals surface area contributed by atoms with Crippen molar-refractivity contribution < 1.29 is 22.7 Å². The molecular weight excluding hydrogens is 481 g/mol. The predicted octanol–water partition coefficient (Wildman–Crippen LogP) is 5.57. The number of aromatic nitrogens is 3. The Hall–Kier alpha value is -4.11. The first-order valence-electron chi connectivity index (χ1n) is 11.7. The summed E-state index contributed by atoms with van der Waals surface area (Å²) in [6, 6.07) is 17.9. The number of carbonyl (C=O) groups is 1. The van der Waals surface area contributed by atoms with Gasteiger partial charge in [-0.25, -0.2) is 14.8 Å². The van der Waals surface area contributed by atoms with Crippen molar-refractivity contribution in [3.05, 3.63) is 101 Å². The number of halogens is 3. The minimum atomic E-state index is -4.37. The van der Waals surface area contributed by atoms with Gasteiger partial charge in [0, 0.05) is 48.9 Å². The normalized spacial score (nSPS) is 13.7. The van der Waals surface area contributed by atoms with Gasteiger partial charge >= 0.3 is 12.1 Å². The third-order valence-electron chi connectivity index (χ3n) is 6.28. The van der Waals surface area contributed by atoms with Gasteiger partial charge in [0.25, 0.3) is 0 Å². The largest absolute Gasteiger partial charge is 0.465 e. The Bertz CT molecular complexity index is 1420. The summed E-state index contributed by atoms with van der Waals surface area (Å²) < 4.78 is 43.3. The number of esters is 1. The summed E-state index contributed by atoms with van der Waals surface area (Å²) in [5.74, 6) is 0.0441. The average Bonchev–Trinajstić information content (AvgIpc) is 2.92. The number of pyridine rings is 1. The van der Waals surface area contributed by atoms with Gasteiger partial charge < -0.3 is 4.74 Å². The van der Waals surface area contributed by atoms with Crippen molar-refractivity contribution in [3.8, 4) is 22.6 Å². The Labute approximate surface area is 211 Å². The zero-order chi connectivity index (χ0) is 26.0. The van der Waals surface area contributed by atoms with E-state index in [1.165, 1.54) is 19.2 Å². The van der Waals surface area contributed by atoms with E-state index in [1.807, 2.05) is 30.3 Å². The van der Waals surface area contributed by atoms with E-state index in [4.69, 9.17) is 9.72 Å². The molecule has 9 heteroatoms. The van der Waals surface area contributed by atoms with Crippen molar-refractivity contribution in [3.63, 3.8) is 0 Å². The number of rotatable bonds is 5. The highest BCUT2D eigenvalue weighted by Crippen LogP contribution is 2.31. The van der Waals surface area contributed by atoms with Crippen molar-refractivity contribution in [2.24, 2.45) is 0 Å². The van der Waals surface area contributed by atoms with Gasteiger partial charge in [-0.2, -0.15) is 13.2 Å². The molecule has 2 aromatic carbocycles. The number of alkyl halides is 3. The molecule has 0 radical (unpaired) electrons. The molecule has 0 N–H and O–H groups in total. The number of methoxy groups -OCH3 is 1. The van der Waals surface area contributed by atoms with Crippen LogP contribution in [0.5, 0.6) is 0 Å². The lowest BCUT2D eigenvalue weighted by Crippen LogP contribution is -2.31. The number of fused-ring (bicyclic) bond motifs is 1. The fourth-order valence-electron chi connectivity index (χ4n) is 4.31. The smallest absolute Gasteiger partial charge is 0.416 e. The number of benzene rings is 2. The zero-order valence-electron chi connectivity index (χ0n) is 20.0. The molecule has 0 fully saturated rings. The van der Waals surface area contributed by atoms with Gasteiger partial charge in [-0.15, -0.1) is 0 Å². The lowest BCUT2D eigenvalue weighted by molar-refractivity contribution is -0.137. The van der Waals surface area contributed by atoms with Crippen LogP contribution in [0.2, 0.25) is 0 Å². The van der Waals surface area contributed by atoms with Crippen molar-refractivity contribution >= 4 is 5.97 Å². The molecule has 2 aromatic heterocycles. The second-order valence-electron chi connectivity index (χ2n) is 8.78. The van der Waals surface area contributed by atoms with E-state index < -0.39 is 11.7 Å². The van der Waals surface area contributed by atoms with Gasteiger partial charge in [-0.05, 0) is 36.4 Å². The summed E-state index contributed by atoms with van der Waals surface area (Å²) in [6.07, 6.45) is -1.91. The maximum absolute atomic E-state index is 12.8. The van der Waals surface area contributed by atoms with Crippen LogP contribution >= 0.6 is 0 Å². The molecular formula is C28H23F3N4O2. The van der Waals surface area contributed by atoms with Gasteiger partial charge in [-0.1, -0.05) is 30.3 Å². The van der Waals surface area contributed by atoms with Crippen LogP contribution in [-0.4, -0.2) is 39.5 Å². The van der Waals surface area contributed by atoms with Crippen molar-refractivity contribution in [2.45, 2.75) is 25.7 Å². The molecule has 1 aliphatic heterocycles. The minimum Gasteiger partial charge on any atom is -0.465 e. The minimum absolute atomic E-state index is 0.380. The summed E-state index contributed by atoms with van der Waals surface area (Å²) in [7, 11) is 1.35. The third-order valence-corrected chi connectivity index (χ3v) is 6.28. The van der Waals surface area contributed by atoms with Gasteiger partial charge in [-0.3, -0.25) is 9.88 Å². The first kappa shape index (κ1) is 24.6. The standard InChI is InChI=1S/C28H23F3N4O2/c1-37-27(36)20-7-5-18(6-8-20)24-4-2-3-23(33-24)17-35-14-13-25-21(16-35)15-32-26(34-25)19-9-11-22(12-10-19)28(29,30)31/h2-12,15H,13-14,16-17H2,1H3. The summed E-state index contributed by atoms with van der Waals surface area (Å²) in [4.78, 5) is 27.8. The molecule has 0 spiro atoms. The second kappa shape index (κ2) is 10.1. The van der Waals surface area contributed by atoms with E-state index in [0.29, 0.717) is 36.5 Å². The van der Waals surface area contributed by atoms with Crippen LogP contribution in [0.15, 0.2) is 72.9 Å². The van der Waals surface area contributed by atoms with Crippen molar-refractivity contribution in [1.29, 1.82) is 0 Å². The first-order chi connectivity index (χ1) is 17.8. The topological polar surface area (TPSA) is 68.2 Å². The van der Waals surface area contributed by atoms with Crippen LogP contribution in [0.1, 0.15) is 32.9 Å². The number of carbonyl (C=O) groups excluding carboxylic acids is 1. The fourth-order valence-corrected chi connectivity index (χ4v) is 4.31. The molecule has 0 aliphatic carbocycles. The van der Waals surface area contributed by atoms with Gasteiger partial charge in [0.1, 0.15) is 0 Å². The molecule has 188 valence electrons. The van der Waals surface area contributed by atoms with E-state index in [2.05, 4.69) is 14.9 Å². The fraction of sp³-hybridized carbons (Fsp3) is 0.214. The molecule has 6 nitrogen and oxygen atoms in total. The predicted molar refractivity (Wildman–Crippen MR) is 131 cm³/mol. The Morgan fingerprint density at radius 3 is 2.41 bits per heavy atom. The first-order valence-corrected chi connectivity index (χ1v) is 11.7. The van der Waals surface area contributed by atoms with Gasteiger partial charge in [0.15, 0.2) is 5.82 Å². The molecule has 5 rings (SSSR count). The van der Waals surface area contributed by atoms with Crippen LogP contribution in [0.25, 0.3) is 22.6 Å². The number of hydrogen-bond donors (Lipinski definition) is 0. The second-order valence-corrected chi connectivity index (χ2v) is 8.78. The van der Waals surface area contributed by atoms with Gasteiger partial charge in [0.2, 0.25) is 0 Å². The van der Waals surface area contributed by atoms with Crippen molar-refractivity contribution in [2.75, 3.05) is 13.7 Å². The lowest BCUT2D eigenvalue weighted by Gasteiger charge is -2.27. The highest BCUT2D eigenvalue weighted by atomic mass is 19.4. The SMILES string of the molecule is COC(=O)c1ccc(-c2cccc(CN3CCc4nc(-c5ccc(C(F)(F)F)cc5)ncc4C3)n2)cc1. The van der Waals surface area contributed by atoms with E-state index in [9.17, 15) is 18.0 Å². The zero-order valence-corrected chi connectivity index (χ0v) is 20.0. The molecule has 0 atom stereocenters. The van der Waals surface area contributed by atoms with Gasteiger partial charge in [0.05, 0.1) is 35.3 Å². The molecule has 0 bridgehead atoms. The third kappa shape index (κ3) is 5.51. The Kier molecular flexibility index (Phi) is 6.71. The molecule has 0 saturated heterocycles. The van der Waals surface area contributed by atoms with Crippen molar-refractivity contribution in [1.82, 2.24) is 19.9 Å². The van der Waals surface area contributed by atoms with Crippen LogP contribution in [0.3, 0.4) is 0 Å². The molecule has 37 heavy (non-hydrogen) atoms. The van der Waals surface area contributed by atoms with E-state index in [-0.39, 0.29) is 5.97 Å². The number of nitrogens with zero attached hydrogens (tertiary/aromatic N) is 4. The van der Waals surface area contributed by atoms with E-state index in [1.54, 1.807) is 18.3 Å². The molecule has 4 aromatic rings. The van der Waals surface area contributed by atoms with Crippen LogP contribution in [0.4, 0.5) is 13.2 Å². The summed E-state index contributed by atoms with van der Waals surface area (Å²) >= 11 is 0. The monoisotopic (exact) mass is 504 g/mol. The molecule has 0 unspecified atom stereocenters. The molecule has 0 amide bonds. The summed E-state index contributed by atoms with van der Waals surface area (Å²) in [5, 5.41) is 0. The maximum Gasteiger partial charge on any atom is 0.416 e. The van der Waals surface area contributed by atoms with E-state index in [0.717, 1.165) is 46.9 Å². The maximum atomic E-state index is 12.8. The molecule has 3 heterocycles. The van der Waals surface area contributed by atoms with E-state index >= 15 is 0 Å². The Balaban J connectivity index is 1.27. The lowest BCUT2D eigenvalue weighted by atomic mass is 10.1. The number of ether oxygens (including phenoxy) is 1.